The van der Waals surface area contributed by atoms with Crippen LogP contribution in [0.2, 0.25) is 5.02 Å². The van der Waals surface area contributed by atoms with E-state index in [0.717, 1.165) is 19.2 Å². The summed E-state index contributed by atoms with van der Waals surface area (Å²) in [5, 5.41) is 21.0. The maximum atomic E-state index is 14.0. The number of piperazine rings is 1. The number of carbonyl (C=O) groups is 1. The second kappa shape index (κ2) is 11.9. The minimum atomic E-state index is -4.61. The fourth-order valence-electron chi connectivity index (χ4n) is 4.55. The number of halogens is 4. The normalized spacial score (nSPS) is 14.6. The number of rotatable bonds is 5. The van der Waals surface area contributed by atoms with E-state index in [1.807, 2.05) is 11.9 Å². The van der Waals surface area contributed by atoms with Gasteiger partial charge in [-0.25, -0.2) is 0 Å². The summed E-state index contributed by atoms with van der Waals surface area (Å²) in [7, 11) is 1.98. The van der Waals surface area contributed by atoms with Gasteiger partial charge in [-0.2, -0.15) is 13.2 Å². The summed E-state index contributed by atoms with van der Waals surface area (Å²) in [6, 6.07) is 11.7. The number of aliphatic hydroxyl groups excluding tert-OH is 1. The van der Waals surface area contributed by atoms with Gasteiger partial charge < -0.3 is 15.3 Å². The molecule has 0 unspecified atom stereocenters. The van der Waals surface area contributed by atoms with Crippen molar-refractivity contribution in [1.82, 2.24) is 24.4 Å². The van der Waals surface area contributed by atoms with Crippen LogP contribution in [0.5, 0.6) is 0 Å². The molecular formula is C29H26ClF3N6O2. The zero-order valence-corrected chi connectivity index (χ0v) is 22.8. The second-order valence-corrected chi connectivity index (χ2v) is 10.2. The average Bonchev–Trinajstić information content (AvgIpc) is 3.34. The lowest BCUT2D eigenvalue weighted by Gasteiger charge is -2.33. The molecule has 2 aromatic heterocycles. The first-order chi connectivity index (χ1) is 19.6. The maximum absolute atomic E-state index is 14.0. The monoisotopic (exact) mass is 582 g/mol. The van der Waals surface area contributed by atoms with E-state index in [-0.39, 0.29) is 24.3 Å². The van der Waals surface area contributed by atoms with Crippen molar-refractivity contribution in [1.29, 1.82) is 0 Å². The highest BCUT2D eigenvalue weighted by Gasteiger charge is 2.34. The summed E-state index contributed by atoms with van der Waals surface area (Å²) in [6.45, 7) is 2.76. The molecule has 1 aliphatic heterocycles. The first-order valence-electron chi connectivity index (χ1n) is 12.8. The zero-order valence-electron chi connectivity index (χ0n) is 22.0. The van der Waals surface area contributed by atoms with Crippen LogP contribution in [0.3, 0.4) is 0 Å². The third-order valence-electron chi connectivity index (χ3n) is 6.88. The Bertz CT molecular complexity index is 1650. The molecule has 2 N–H and O–H groups in total. The summed E-state index contributed by atoms with van der Waals surface area (Å²) in [6.07, 6.45) is -2.99. The Hall–Kier alpha value is -3.95. The van der Waals surface area contributed by atoms with Crippen molar-refractivity contribution in [3.8, 4) is 11.8 Å². The third kappa shape index (κ3) is 6.69. The number of likely N-dealkylation sites (N-methyl/N-ethyl adjacent to an activating group) is 1. The Balaban J connectivity index is 1.37. The number of fused-ring (bicyclic) bond motifs is 1. The summed E-state index contributed by atoms with van der Waals surface area (Å²) < 4.78 is 43.5. The van der Waals surface area contributed by atoms with Crippen LogP contribution in [0, 0.1) is 11.8 Å². The highest BCUT2D eigenvalue weighted by atomic mass is 35.5. The number of benzene rings is 2. The number of nitrogens with one attached hydrogen (secondary N) is 1. The molecule has 41 heavy (non-hydrogen) atoms. The summed E-state index contributed by atoms with van der Waals surface area (Å²) in [4.78, 5) is 17.1. The van der Waals surface area contributed by atoms with Crippen molar-refractivity contribution in [2.75, 3.05) is 38.5 Å². The predicted octanol–water partition coefficient (Wildman–Crippen LogP) is 4.29. The van der Waals surface area contributed by atoms with Gasteiger partial charge in [0.2, 0.25) is 5.82 Å². The van der Waals surface area contributed by atoms with Crippen LogP contribution in [0.25, 0.3) is 5.65 Å². The molecule has 5 rings (SSSR count). The van der Waals surface area contributed by atoms with E-state index >= 15 is 0 Å². The van der Waals surface area contributed by atoms with Gasteiger partial charge in [-0.05, 0) is 60.5 Å². The van der Waals surface area contributed by atoms with Crippen molar-refractivity contribution in [3.05, 3.63) is 93.4 Å². The summed E-state index contributed by atoms with van der Waals surface area (Å²) in [5.74, 6) is 5.43. The van der Waals surface area contributed by atoms with E-state index in [9.17, 15) is 23.1 Å². The molecule has 0 saturated carbocycles. The van der Waals surface area contributed by atoms with Crippen LogP contribution in [-0.2, 0) is 19.3 Å². The lowest BCUT2D eigenvalue weighted by atomic mass is 10.0. The molecular weight excluding hydrogens is 557 g/mol. The molecule has 1 amide bonds. The summed E-state index contributed by atoms with van der Waals surface area (Å²) >= 11 is 6.06. The largest absolute Gasteiger partial charge is 0.416 e. The maximum Gasteiger partial charge on any atom is 0.416 e. The van der Waals surface area contributed by atoms with Crippen molar-refractivity contribution < 1.29 is 23.1 Å². The van der Waals surface area contributed by atoms with E-state index < -0.39 is 17.6 Å². The Labute approximate surface area is 239 Å². The average molecular weight is 583 g/mol. The molecule has 0 atom stereocenters. The predicted molar refractivity (Wildman–Crippen MR) is 149 cm³/mol. The van der Waals surface area contributed by atoms with E-state index in [2.05, 4.69) is 32.3 Å². The van der Waals surface area contributed by atoms with E-state index in [4.69, 9.17) is 11.6 Å². The standard InChI is InChI=1S/C29H26ClF3N6O2/c1-37-10-12-38(13-11-37)16-21-3-2-20(15-25(21)29(31,32)33)28(41)34-24-7-4-22(18-40)19(14-24)5-8-26-35-36-27-9-6-23(30)17-39(26)27/h2-4,6-7,9,14-15,17,40H,10-13,16,18H2,1H3,(H,34,41). The van der Waals surface area contributed by atoms with Crippen LogP contribution >= 0.6 is 11.6 Å². The SMILES string of the molecule is CN1CCN(Cc2ccc(C(=O)Nc3ccc(CO)c(C#Cc4nnc5ccc(Cl)cn45)c3)cc2C(F)(F)F)CC1. The topological polar surface area (TPSA) is 86.0 Å². The fourth-order valence-corrected chi connectivity index (χ4v) is 4.71. The molecule has 1 aliphatic rings. The smallest absolute Gasteiger partial charge is 0.392 e. The first-order valence-corrected chi connectivity index (χ1v) is 13.2. The van der Waals surface area contributed by atoms with Gasteiger partial charge in [-0.1, -0.05) is 29.7 Å². The number of hydrogen-bond acceptors (Lipinski definition) is 6. The molecule has 0 spiro atoms. The Morgan fingerprint density at radius 3 is 2.51 bits per heavy atom. The molecule has 2 aromatic carbocycles. The van der Waals surface area contributed by atoms with E-state index in [1.54, 1.807) is 40.9 Å². The molecule has 3 heterocycles. The second-order valence-electron chi connectivity index (χ2n) is 9.78. The third-order valence-corrected chi connectivity index (χ3v) is 7.10. The van der Waals surface area contributed by atoms with Crippen LogP contribution in [0.4, 0.5) is 18.9 Å². The molecule has 1 fully saturated rings. The van der Waals surface area contributed by atoms with Crippen LogP contribution in [0.15, 0.2) is 54.7 Å². The van der Waals surface area contributed by atoms with Crippen LogP contribution in [0.1, 0.15) is 38.4 Å². The number of anilines is 1. The van der Waals surface area contributed by atoms with E-state index in [1.165, 1.54) is 12.1 Å². The molecule has 12 heteroatoms. The Kier molecular flexibility index (Phi) is 8.28. The van der Waals surface area contributed by atoms with E-state index in [0.29, 0.717) is 46.4 Å². The fraction of sp³-hybridized carbons (Fsp3) is 0.276. The Morgan fingerprint density at radius 1 is 1.02 bits per heavy atom. The highest BCUT2D eigenvalue weighted by Crippen LogP contribution is 2.34. The minimum Gasteiger partial charge on any atom is -0.392 e. The lowest BCUT2D eigenvalue weighted by molar-refractivity contribution is -0.138. The number of carbonyl (C=O) groups excluding carboxylic acids is 1. The molecule has 4 aromatic rings. The van der Waals surface area contributed by atoms with Crippen molar-refractivity contribution in [2.24, 2.45) is 0 Å². The molecule has 212 valence electrons. The van der Waals surface area contributed by atoms with Gasteiger partial charge in [-0.15, -0.1) is 10.2 Å². The number of alkyl halides is 3. The van der Waals surface area contributed by atoms with Gasteiger partial charge in [0.15, 0.2) is 5.65 Å². The number of aliphatic hydroxyl groups is 1. The molecule has 0 aliphatic carbocycles. The van der Waals surface area contributed by atoms with Gasteiger partial charge in [0.1, 0.15) is 0 Å². The lowest BCUT2D eigenvalue weighted by Crippen LogP contribution is -2.44. The van der Waals surface area contributed by atoms with Crippen molar-refractivity contribution in [2.45, 2.75) is 19.3 Å². The van der Waals surface area contributed by atoms with Gasteiger partial charge in [-0.3, -0.25) is 14.1 Å². The first kappa shape index (κ1) is 28.6. The minimum absolute atomic E-state index is 0.120. The molecule has 0 radical (unpaired) electrons. The molecule has 0 bridgehead atoms. The van der Waals surface area contributed by atoms with Crippen LogP contribution < -0.4 is 5.32 Å². The molecule has 8 nitrogen and oxygen atoms in total. The number of nitrogens with zero attached hydrogens (tertiary/aromatic N) is 5. The number of pyridine rings is 1. The van der Waals surface area contributed by atoms with Crippen molar-refractivity contribution in [3.63, 3.8) is 0 Å². The van der Waals surface area contributed by atoms with Gasteiger partial charge >= 0.3 is 6.18 Å². The van der Waals surface area contributed by atoms with Gasteiger partial charge in [0, 0.05) is 55.7 Å². The summed E-state index contributed by atoms with van der Waals surface area (Å²) in [5.41, 5.74) is 0.941. The van der Waals surface area contributed by atoms with Gasteiger partial charge in [0.25, 0.3) is 5.91 Å². The van der Waals surface area contributed by atoms with Crippen LogP contribution in [-0.4, -0.2) is 68.6 Å². The Morgan fingerprint density at radius 2 is 1.78 bits per heavy atom. The van der Waals surface area contributed by atoms with Crippen molar-refractivity contribution >= 4 is 28.8 Å². The molecule has 1 saturated heterocycles. The quantitative estimate of drug-likeness (QED) is 0.342. The number of aromatic nitrogens is 3. The highest BCUT2D eigenvalue weighted by molar-refractivity contribution is 6.30. The number of amides is 1. The number of hydrogen-bond donors (Lipinski definition) is 2. The zero-order chi connectivity index (χ0) is 29.1. The van der Waals surface area contributed by atoms with Gasteiger partial charge in [0.05, 0.1) is 17.2 Å².